The molecule has 0 saturated heterocycles. The summed E-state index contributed by atoms with van der Waals surface area (Å²) in [6.45, 7) is 2.17. The largest absolute Gasteiger partial charge is 0.399 e. The van der Waals surface area contributed by atoms with Crippen molar-refractivity contribution in [3.63, 3.8) is 0 Å². The topological polar surface area (TPSA) is 83.6 Å². The van der Waals surface area contributed by atoms with E-state index in [0.717, 1.165) is 24.8 Å². The highest BCUT2D eigenvalue weighted by Gasteiger charge is 2.34. The summed E-state index contributed by atoms with van der Waals surface area (Å²) in [7, 11) is -3.51. The summed E-state index contributed by atoms with van der Waals surface area (Å²) < 4.78 is 27.0. The Kier molecular flexibility index (Phi) is 4.67. The molecule has 1 aromatic rings. The van der Waals surface area contributed by atoms with Crippen molar-refractivity contribution >= 4 is 15.7 Å². The van der Waals surface area contributed by atoms with Crippen molar-refractivity contribution in [1.29, 1.82) is 0 Å². The summed E-state index contributed by atoms with van der Waals surface area (Å²) in [5.74, 6) is 0. The highest BCUT2D eigenvalue weighted by atomic mass is 32.2. The van der Waals surface area contributed by atoms with E-state index in [-0.39, 0.29) is 17.5 Å². The highest BCUT2D eigenvalue weighted by Crippen LogP contribution is 2.30. The number of sulfonamides is 1. The maximum atomic E-state index is 12.7. The minimum absolute atomic E-state index is 0.000490. The number of aliphatic hydroxyl groups is 1. The predicted octanol–water partition coefficient (Wildman–Crippen LogP) is 1.50. The van der Waals surface area contributed by atoms with Gasteiger partial charge >= 0.3 is 0 Å². The number of nitrogen functional groups attached to an aromatic ring is 1. The molecule has 1 aromatic carbocycles. The van der Waals surface area contributed by atoms with Crippen molar-refractivity contribution in [2.45, 2.75) is 43.5 Å². The van der Waals surface area contributed by atoms with Crippen LogP contribution < -0.4 is 5.73 Å². The van der Waals surface area contributed by atoms with Crippen LogP contribution in [0.4, 0.5) is 5.69 Å². The molecule has 1 fully saturated rings. The van der Waals surface area contributed by atoms with Gasteiger partial charge in [-0.25, -0.2) is 8.42 Å². The number of benzene rings is 1. The minimum atomic E-state index is -3.51. The Bertz CT molecular complexity index is 568. The maximum absolute atomic E-state index is 12.7. The lowest BCUT2D eigenvalue weighted by atomic mass is 9.93. The number of aliphatic hydroxyl groups excluding tert-OH is 1. The van der Waals surface area contributed by atoms with Crippen molar-refractivity contribution in [1.82, 2.24) is 4.31 Å². The first-order valence-electron chi connectivity index (χ1n) is 6.95. The fourth-order valence-corrected chi connectivity index (χ4v) is 4.15. The average Bonchev–Trinajstić information content (AvgIpc) is 2.35. The number of nitrogens with two attached hydrogens (primary N) is 1. The second-order valence-electron chi connectivity index (χ2n) is 5.30. The van der Waals surface area contributed by atoms with Crippen LogP contribution >= 0.6 is 0 Å². The molecule has 0 aromatic heterocycles. The Morgan fingerprint density at radius 3 is 2.60 bits per heavy atom. The molecule has 0 amide bonds. The first-order chi connectivity index (χ1) is 9.46. The fourth-order valence-electron chi connectivity index (χ4n) is 2.34. The van der Waals surface area contributed by atoms with E-state index in [1.807, 2.05) is 0 Å². The van der Waals surface area contributed by atoms with Crippen LogP contribution in [0.1, 0.15) is 31.2 Å². The molecule has 0 bridgehead atoms. The third-order valence-electron chi connectivity index (χ3n) is 3.87. The van der Waals surface area contributed by atoms with Gasteiger partial charge in [-0.3, -0.25) is 0 Å². The summed E-state index contributed by atoms with van der Waals surface area (Å²) >= 11 is 0. The van der Waals surface area contributed by atoms with E-state index in [1.165, 1.54) is 4.31 Å². The second kappa shape index (κ2) is 6.11. The molecule has 112 valence electrons. The van der Waals surface area contributed by atoms with Crippen molar-refractivity contribution in [3.05, 3.63) is 23.8 Å². The molecule has 0 radical (unpaired) electrons. The van der Waals surface area contributed by atoms with Gasteiger partial charge < -0.3 is 10.8 Å². The molecule has 2 rings (SSSR count). The summed E-state index contributed by atoms with van der Waals surface area (Å²) in [6, 6.07) is 4.88. The summed E-state index contributed by atoms with van der Waals surface area (Å²) in [5, 5.41) is 8.97. The zero-order chi connectivity index (χ0) is 14.8. The van der Waals surface area contributed by atoms with E-state index >= 15 is 0 Å². The molecule has 1 saturated carbocycles. The van der Waals surface area contributed by atoms with Gasteiger partial charge in [-0.05, 0) is 49.9 Å². The molecule has 1 aliphatic rings. The summed E-state index contributed by atoms with van der Waals surface area (Å²) in [4.78, 5) is 0.286. The molecule has 0 atom stereocenters. The molecule has 0 heterocycles. The first-order valence-corrected chi connectivity index (χ1v) is 8.39. The molecule has 0 aliphatic heterocycles. The Morgan fingerprint density at radius 2 is 2.10 bits per heavy atom. The lowest BCUT2D eigenvalue weighted by Gasteiger charge is -2.36. The number of rotatable bonds is 6. The van der Waals surface area contributed by atoms with Gasteiger partial charge in [0.15, 0.2) is 0 Å². The van der Waals surface area contributed by atoms with Gasteiger partial charge in [-0.1, -0.05) is 6.42 Å². The number of aryl methyl sites for hydroxylation is 1. The number of hydrogen-bond donors (Lipinski definition) is 2. The standard InChI is InChI=1S/C14H22N2O3S/c1-11-10-13(6-7-14(11)15)20(18,19)16(8-3-9-17)12-4-2-5-12/h6-7,10,12,17H,2-5,8-9,15H2,1H3. The SMILES string of the molecule is Cc1cc(S(=O)(=O)N(CCCO)C2CCC2)ccc1N. The molecule has 1 aliphatic carbocycles. The third kappa shape index (κ3) is 2.97. The van der Waals surface area contributed by atoms with E-state index in [0.29, 0.717) is 18.7 Å². The van der Waals surface area contributed by atoms with Crippen molar-refractivity contribution in [3.8, 4) is 0 Å². The summed E-state index contributed by atoms with van der Waals surface area (Å²) in [6.07, 6.45) is 3.33. The zero-order valence-electron chi connectivity index (χ0n) is 11.7. The Balaban J connectivity index is 2.30. The van der Waals surface area contributed by atoms with Crippen LogP contribution in [0.15, 0.2) is 23.1 Å². The van der Waals surface area contributed by atoms with E-state index in [2.05, 4.69) is 0 Å². The zero-order valence-corrected chi connectivity index (χ0v) is 12.6. The van der Waals surface area contributed by atoms with Crippen LogP contribution in [0, 0.1) is 6.92 Å². The van der Waals surface area contributed by atoms with E-state index in [4.69, 9.17) is 10.8 Å². The minimum Gasteiger partial charge on any atom is -0.399 e. The third-order valence-corrected chi connectivity index (χ3v) is 5.81. The Labute approximate surface area is 120 Å². The normalized spacial score (nSPS) is 16.4. The van der Waals surface area contributed by atoms with Gasteiger partial charge in [0.2, 0.25) is 10.0 Å². The number of hydrogen-bond acceptors (Lipinski definition) is 4. The van der Waals surface area contributed by atoms with E-state index < -0.39 is 10.0 Å². The van der Waals surface area contributed by atoms with Gasteiger partial charge in [-0.2, -0.15) is 4.31 Å². The maximum Gasteiger partial charge on any atom is 0.243 e. The Hall–Kier alpha value is -1.11. The molecule has 0 unspecified atom stereocenters. The van der Waals surface area contributed by atoms with Gasteiger partial charge in [0, 0.05) is 24.9 Å². The lowest BCUT2D eigenvalue weighted by molar-refractivity contribution is 0.198. The van der Waals surface area contributed by atoms with Gasteiger partial charge in [-0.15, -0.1) is 0 Å². The fraction of sp³-hybridized carbons (Fsp3) is 0.571. The van der Waals surface area contributed by atoms with Gasteiger partial charge in [0.1, 0.15) is 0 Å². The van der Waals surface area contributed by atoms with Crippen molar-refractivity contribution in [2.75, 3.05) is 18.9 Å². The average molecular weight is 298 g/mol. The monoisotopic (exact) mass is 298 g/mol. The van der Waals surface area contributed by atoms with Crippen LogP contribution in [0.3, 0.4) is 0 Å². The van der Waals surface area contributed by atoms with Gasteiger partial charge in [0.05, 0.1) is 4.90 Å². The highest BCUT2D eigenvalue weighted by molar-refractivity contribution is 7.89. The molecular formula is C14H22N2O3S. The van der Waals surface area contributed by atoms with Crippen LogP contribution in [-0.4, -0.2) is 37.0 Å². The molecule has 20 heavy (non-hydrogen) atoms. The van der Waals surface area contributed by atoms with Crippen molar-refractivity contribution in [2.24, 2.45) is 0 Å². The van der Waals surface area contributed by atoms with Crippen LogP contribution in [-0.2, 0) is 10.0 Å². The van der Waals surface area contributed by atoms with E-state index in [9.17, 15) is 8.42 Å². The second-order valence-corrected chi connectivity index (χ2v) is 7.19. The van der Waals surface area contributed by atoms with Crippen LogP contribution in [0.2, 0.25) is 0 Å². The quantitative estimate of drug-likeness (QED) is 0.780. The molecule has 5 nitrogen and oxygen atoms in total. The molecule has 6 heteroatoms. The smallest absolute Gasteiger partial charge is 0.243 e. The Morgan fingerprint density at radius 1 is 1.40 bits per heavy atom. The number of nitrogens with zero attached hydrogens (tertiary/aromatic N) is 1. The molecule has 3 N–H and O–H groups in total. The molecular weight excluding hydrogens is 276 g/mol. The van der Waals surface area contributed by atoms with Crippen LogP contribution in [0.5, 0.6) is 0 Å². The van der Waals surface area contributed by atoms with E-state index in [1.54, 1.807) is 25.1 Å². The summed E-state index contributed by atoms with van der Waals surface area (Å²) in [5.41, 5.74) is 7.10. The number of anilines is 1. The van der Waals surface area contributed by atoms with Crippen molar-refractivity contribution < 1.29 is 13.5 Å². The van der Waals surface area contributed by atoms with Gasteiger partial charge in [0.25, 0.3) is 0 Å². The molecule has 0 spiro atoms. The first kappa shape index (κ1) is 15.3. The lowest BCUT2D eigenvalue weighted by Crippen LogP contribution is -2.44. The predicted molar refractivity (Wildman–Crippen MR) is 78.8 cm³/mol. The van der Waals surface area contributed by atoms with Crippen LogP contribution in [0.25, 0.3) is 0 Å².